The summed E-state index contributed by atoms with van der Waals surface area (Å²) < 4.78 is 6.65. The van der Waals surface area contributed by atoms with E-state index in [0.717, 1.165) is 12.8 Å². The van der Waals surface area contributed by atoms with Gasteiger partial charge in [0, 0.05) is 0 Å². The molecule has 2 unspecified atom stereocenters. The summed E-state index contributed by atoms with van der Waals surface area (Å²) in [6.45, 7) is 30.3. The Balaban J connectivity index is 1.34. The van der Waals surface area contributed by atoms with Crippen LogP contribution in [0.1, 0.15) is 40.7 Å². The number of benzene rings is 6. The summed E-state index contributed by atoms with van der Waals surface area (Å²) in [7, 11) is -6.35. The van der Waals surface area contributed by atoms with Crippen LogP contribution in [0.4, 0.5) is 0 Å². The van der Waals surface area contributed by atoms with Crippen molar-refractivity contribution in [3.8, 4) is 22.3 Å². The molecule has 0 saturated carbocycles. The molecule has 3 aliphatic rings. The van der Waals surface area contributed by atoms with Crippen molar-refractivity contribution in [3.63, 3.8) is 0 Å². The van der Waals surface area contributed by atoms with Gasteiger partial charge in [-0.2, -0.15) is 0 Å². The monoisotopic (exact) mass is 1070 g/mol. The minimum absolute atomic E-state index is 0.187. The summed E-state index contributed by atoms with van der Waals surface area (Å²) in [4.78, 5) is 0. The molecule has 6 aromatic rings. The van der Waals surface area contributed by atoms with Crippen molar-refractivity contribution in [2.24, 2.45) is 5.41 Å². The fraction of sp³-hybridized carbons (Fsp3) is 0.322. The Morgan fingerprint density at radius 3 is 1.05 bits per heavy atom. The number of hydrogen-bond donors (Lipinski definition) is 0. The number of allylic oxidation sites excluding steroid dienone is 2. The van der Waals surface area contributed by atoms with E-state index in [-0.39, 0.29) is 5.41 Å². The van der Waals surface area contributed by atoms with E-state index in [1.54, 1.807) is 43.0 Å². The zero-order valence-corrected chi connectivity index (χ0v) is 49.0. The van der Waals surface area contributed by atoms with Gasteiger partial charge < -0.3 is 0 Å². The average molecular weight is 1070 g/mol. The van der Waals surface area contributed by atoms with Gasteiger partial charge in [-0.05, 0) is 0 Å². The topological polar surface area (TPSA) is 0 Å². The van der Waals surface area contributed by atoms with Crippen LogP contribution in [0.5, 0.6) is 0 Å². The summed E-state index contributed by atoms with van der Waals surface area (Å²) in [6.07, 6.45) is 7.58. The van der Waals surface area contributed by atoms with Crippen molar-refractivity contribution in [2.45, 2.75) is 108 Å². The van der Waals surface area contributed by atoms with E-state index in [0.29, 0.717) is 7.35 Å². The molecule has 0 aromatic heterocycles. The van der Waals surface area contributed by atoms with E-state index in [9.17, 15) is 0 Å². The second kappa shape index (κ2) is 16.1. The average Bonchev–Trinajstić information content (AvgIpc) is 3.84. The SMILES string of the molecule is C[Si](C)(C)c1cc(-c2cccc3c2C=C2[CH]3[Hf]([CH3])([CH3])[CH]3C(=Cc4c(-c5cc([Si](C)(C)C)cc([Si](C)(C)C)c5)cccc43)C2(Cc2ccccc2)Cc2ccccc2)cc([Si](C)(C)C)c1. The standard InChI is InChI=1S/C57H66Si4.2CH3.Hf/c1-58(2,3)49-31-45(32-50(37-49)59(4,5)6)53-27-19-25-43-29-47(35-55(43)53)57(39-41-21-15-13-16-22-41,40-42-23-17-14-18-24-42)48-30-44-26-20-28-54(56(44)36-48)46-33-51(60(7,8)9)38-52(34-46)61(10,11)12;;;/h13-38H,39-40H2,1-12H3;2*1H3;. The molecule has 0 radical (unpaired) electrons. The van der Waals surface area contributed by atoms with Crippen molar-refractivity contribution in [1.82, 2.24) is 0 Å². The van der Waals surface area contributed by atoms with Crippen molar-refractivity contribution in [2.75, 3.05) is 0 Å². The van der Waals surface area contributed by atoms with Crippen LogP contribution in [-0.4, -0.2) is 32.3 Å². The Morgan fingerprint density at radius 1 is 0.406 bits per heavy atom. The number of rotatable bonds is 10. The molecular formula is C59H72HfSi4. The molecule has 64 heavy (non-hydrogen) atoms. The van der Waals surface area contributed by atoms with E-state index >= 15 is 0 Å². The normalized spacial score (nSPS) is 18.7. The predicted octanol–water partition coefficient (Wildman–Crippen LogP) is 14.5. The van der Waals surface area contributed by atoms with E-state index < -0.39 is 52.3 Å². The molecule has 0 N–H and O–H groups in total. The molecular weight excluding hydrogens is 999 g/mol. The van der Waals surface area contributed by atoms with Gasteiger partial charge in [-0.3, -0.25) is 0 Å². The second-order valence-electron chi connectivity index (χ2n) is 24.5. The van der Waals surface area contributed by atoms with E-state index in [1.165, 1.54) is 44.5 Å². The Hall–Kier alpha value is -3.46. The third-order valence-electron chi connectivity index (χ3n) is 15.4. The molecule has 1 saturated heterocycles. The summed E-state index contributed by atoms with van der Waals surface area (Å²) in [5.74, 6) is 0. The molecule has 5 heteroatoms. The van der Waals surface area contributed by atoms with Crippen LogP contribution in [-0.2, 0) is 32.8 Å². The summed E-state index contributed by atoms with van der Waals surface area (Å²) in [6, 6.07) is 53.6. The van der Waals surface area contributed by atoms with Gasteiger partial charge in [-0.15, -0.1) is 0 Å². The zero-order chi connectivity index (χ0) is 45.8. The van der Waals surface area contributed by atoms with Gasteiger partial charge in [-0.1, -0.05) is 0 Å². The second-order valence-corrected chi connectivity index (χ2v) is 62.1. The van der Waals surface area contributed by atoms with Crippen LogP contribution in [0.15, 0.2) is 145 Å². The van der Waals surface area contributed by atoms with Gasteiger partial charge in [0.05, 0.1) is 0 Å². The summed E-state index contributed by atoms with van der Waals surface area (Å²) in [5.41, 5.74) is 18.1. The van der Waals surface area contributed by atoms with Gasteiger partial charge in [0.1, 0.15) is 0 Å². The maximum absolute atomic E-state index is 3.46. The third-order valence-corrected chi connectivity index (χ3v) is 38.6. The molecule has 2 aliphatic carbocycles. The van der Waals surface area contributed by atoms with Crippen molar-refractivity contribution >= 4 is 65.2 Å². The first-order chi connectivity index (χ1) is 30.0. The van der Waals surface area contributed by atoms with Crippen molar-refractivity contribution in [3.05, 3.63) is 178 Å². The third kappa shape index (κ3) is 8.11. The molecule has 2 atom stereocenters. The first-order valence-corrected chi connectivity index (χ1v) is 49.4. The van der Waals surface area contributed by atoms with Crippen LogP contribution in [0.25, 0.3) is 34.4 Å². The zero-order valence-electron chi connectivity index (χ0n) is 41.4. The van der Waals surface area contributed by atoms with Gasteiger partial charge in [0.2, 0.25) is 0 Å². The molecule has 328 valence electrons. The first kappa shape index (κ1) is 45.7. The van der Waals surface area contributed by atoms with E-state index in [1.807, 2.05) is 0 Å². The number of fused-ring (bicyclic) bond motifs is 6. The minimum atomic E-state index is -3.46. The molecule has 1 aliphatic heterocycles. The molecule has 0 spiro atoms. The fourth-order valence-electron chi connectivity index (χ4n) is 11.7. The molecule has 6 aromatic carbocycles. The van der Waals surface area contributed by atoms with Gasteiger partial charge in [0.15, 0.2) is 0 Å². The molecule has 1 heterocycles. The van der Waals surface area contributed by atoms with E-state index in [2.05, 4.69) is 234 Å². The van der Waals surface area contributed by atoms with Crippen LogP contribution in [0, 0.1) is 5.41 Å². The van der Waals surface area contributed by atoms with Crippen LogP contribution in [0.2, 0.25) is 87.9 Å². The molecule has 0 bridgehead atoms. The van der Waals surface area contributed by atoms with E-state index in [4.69, 9.17) is 0 Å². The van der Waals surface area contributed by atoms with Crippen LogP contribution >= 0.6 is 0 Å². The quantitative estimate of drug-likeness (QED) is 0.120. The molecule has 9 rings (SSSR count). The van der Waals surface area contributed by atoms with Crippen LogP contribution in [0.3, 0.4) is 0 Å². The Labute approximate surface area is 395 Å². The Morgan fingerprint density at radius 2 is 0.734 bits per heavy atom. The number of hydrogen-bond acceptors (Lipinski definition) is 0. The maximum atomic E-state index is 2.84. The van der Waals surface area contributed by atoms with Gasteiger partial charge in [0.25, 0.3) is 0 Å². The predicted molar refractivity (Wildman–Crippen MR) is 292 cm³/mol. The van der Waals surface area contributed by atoms with Gasteiger partial charge in [-0.25, -0.2) is 0 Å². The van der Waals surface area contributed by atoms with Crippen molar-refractivity contribution < 1.29 is 20.0 Å². The fourth-order valence-corrected chi connectivity index (χ4v) is 33.8. The molecule has 0 nitrogen and oxygen atoms in total. The van der Waals surface area contributed by atoms with Crippen LogP contribution < -0.4 is 20.7 Å². The summed E-state index contributed by atoms with van der Waals surface area (Å²) in [5, 5.41) is 6.35. The first-order valence-electron chi connectivity index (χ1n) is 24.1. The summed E-state index contributed by atoms with van der Waals surface area (Å²) >= 11 is -3.46. The molecule has 0 amide bonds. The Kier molecular flexibility index (Phi) is 11.5. The molecule has 1 fully saturated rings. The van der Waals surface area contributed by atoms with Crippen molar-refractivity contribution in [1.29, 1.82) is 0 Å². The van der Waals surface area contributed by atoms with Gasteiger partial charge >= 0.3 is 399 Å². The Bertz CT molecular complexity index is 2580.